The quantitative estimate of drug-likeness (QED) is 0.260. The van der Waals surface area contributed by atoms with Crippen molar-refractivity contribution in [2.75, 3.05) is 0 Å². The van der Waals surface area contributed by atoms with Crippen LogP contribution in [0.1, 0.15) is 0 Å². The molecular weight excluding hydrogens is 361 g/mol. The molecule has 0 aliphatic carbocycles. The molecule has 3 nitrogen and oxygen atoms in total. The first kappa shape index (κ1) is 17.6. The van der Waals surface area contributed by atoms with E-state index in [1.807, 2.05) is 0 Å². The molecule has 2 aromatic rings. The lowest BCUT2D eigenvalue weighted by molar-refractivity contribution is -0.390. The summed E-state index contributed by atoms with van der Waals surface area (Å²) in [4.78, 5) is 8.48. The zero-order valence-electron chi connectivity index (χ0n) is 10.7. The highest BCUT2D eigenvalue weighted by Crippen LogP contribution is 2.39. The van der Waals surface area contributed by atoms with Crippen molar-refractivity contribution in [1.29, 1.82) is 0 Å². The highest BCUT2D eigenvalue weighted by atomic mass is 19.2. The highest BCUT2D eigenvalue weighted by Gasteiger charge is 2.37. The highest BCUT2D eigenvalue weighted by molar-refractivity contribution is 5.69. The predicted octanol–water partition coefficient (Wildman–Crippen LogP) is 4.51. The Balaban J connectivity index is 3.04. The van der Waals surface area contributed by atoms with E-state index in [2.05, 4.69) is 0 Å². The van der Waals surface area contributed by atoms with E-state index >= 15 is 0 Å². The topological polar surface area (TPSA) is 43.1 Å². The van der Waals surface area contributed by atoms with Crippen LogP contribution in [0.5, 0.6) is 0 Å². The van der Waals surface area contributed by atoms with Crippen LogP contribution in [0.2, 0.25) is 0 Å². The summed E-state index contributed by atoms with van der Waals surface area (Å²) in [6, 6.07) is 0. The molecule has 24 heavy (non-hydrogen) atoms. The molecule has 0 aliphatic heterocycles. The van der Waals surface area contributed by atoms with Crippen molar-refractivity contribution in [2.24, 2.45) is 0 Å². The number of halogens is 9. The molecule has 0 saturated heterocycles. The van der Waals surface area contributed by atoms with E-state index < -0.39 is 74.1 Å². The van der Waals surface area contributed by atoms with Crippen molar-refractivity contribution in [3.05, 3.63) is 62.5 Å². The monoisotopic (exact) mass is 361 g/mol. The van der Waals surface area contributed by atoms with Crippen LogP contribution in [0.25, 0.3) is 11.1 Å². The fourth-order valence-electron chi connectivity index (χ4n) is 1.82. The van der Waals surface area contributed by atoms with Gasteiger partial charge in [-0.15, -0.1) is 0 Å². The van der Waals surface area contributed by atoms with Crippen LogP contribution in [-0.4, -0.2) is 4.92 Å². The Labute approximate surface area is 125 Å². The second-order valence-electron chi connectivity index (χ2n) is 4.18. The smallest absolute Gasteiger partial charge is 0.258 e. The minimum atomic E-state index is -2.72. The minimum absolute atomic E-state index is 1.88. The average Bonchev–Trinajstić information content (AvgIpc) is 2.52. The van der Waals surface area contributed by atoms with Crippen LogP contribution >= 0.6 is 0 Å². The second kappa shape index (κ2) is 5.69. The van der Waals surface area contributed by atoms with Gasteiger partial charge in [0, 0.05) is 0 Å². The van der Waals surface area contributed by atoms with Crippen LogP contribution in [-0.2, 0) is 0 Å². The molecule has 0 N–H and O–H groups in total. The number of nitro groups is 1. The summed E-state index contributed by atoms with van der Waals surface area (Å²) in [6.07, 6.45) is 0. The van der Waals surface area contributed by atoms with Gasteiger partial charge in [-0.25, -0.2) is 30.7 Å². The SMILES string of the molecule is O=[N+]([O-])c1c(F)c(F)c(-c2c(F)c(F)c(F)c(F)c2F)c(F)c1F. The summed E-state index contributed by atoms with van der Waals surface area (Å²) in [6.45, 7) is 0. The zero-order valence-corrected chi connectivity index (χ0v) is 10.7. The fraction of sp³-hybridized carbons (Fsp3) is 0. The van der Waals surface area contributed by atoms with Crippen LogP contribution in [0.3, 0.4) is 0 Å². The number of nitrogens with zero attached hydrogens (tertiary/aromatic N) is 1. The third-order valence-corrected chi connectivity index (χ3v) is 2.88. The van der Waals surface area contributed by atoms with Gasteiger partial charge in [-0.2, -0.15) is 8.78 Å². The summed E-state index contributed by atoms with van der Waals surface area (Å²) in [5.41, 5.74) is -6.96. The molecule has 0 aromatic heterocycles. The first-order valence-corrected chi connectivity index (χ1v) is 5.54. The lowest BCUT2D eigenvalue weighted by Gasteiger charge is -2.11. The Kier molecular flexibility index (Phi) is 4.16. The van der Waals surface area contributed by atoms with Gasteiger partial charge in [0.1, 0.15) is 0 Å². The molecular formula is C12F9NO2. The van der Waals surface area contributed by atoms with Gasteiger partial charge in [-0.05, 0) is 0 Å². The van der Waals surface area contributed by atoms with Gasteiger partial charge in [0.25, 0.3) is 0 Å². The van der Waals surface area contributed by atoms with Gasteiger partial charge in [-0.1, -0.05) is 0 Å². The molecule has 0 bridgehead atoms. The summed E-state index contributed by atoms with van der Waals surface area (Å²) >= 11 is 0. The van der Waals surface area contributed by atoms with Crippen molar-refractivity contribution in [3.8, 4) is 11.1 Å². The Morgan fingerprint density at radius 3 is 1.04 bits per heavy atom. The molecule has 2 rings (SSSR count). The Morgan fingerprint density at radius 2 is 0.750 bits per heavy atom. The fourth-order valence-corrected chi connectivity index (χ4v) is 1.82. The molecule has 128 valence electrons. The standard InChI is InChI=1S/C12F9NO2/c13-3-1(4(14)8(18)9(19)7(3)17)2-5(15)10(20)12(22(23)24)11(21)6(2)16. The molecule has 0 unspecified atom stereocenters. The maximum Gasteiger partial charge on any atom is 0.346 e. The summed E-state index contributed by atoms with van der Waals surface area (Å²) in [7, 11) is 0. The molecule has 0 aliphatic rings. The van der Waals surface area contributed by atoms with Crippen molar-refractivity contribution in [2.45, 2.75) is 0 Å². The zero-order chi connectivity index (χ0) is 18.5. The van der Waals surface area contributed by atoms with Gasteiger partial charge in [0.15, 0.2) is 34.9 Å². The van der Waals surface area contributed by atoms with E-state index in [0.29, 0.717) is 0 Å². The molecule has 12 heteroatoms. The third kappa shape index (κ3) is 2.25. The second-order valence-corrected chi connectivity index (χ2v) is 4.18. The maximum absolute atomic E-state index is 13.7. The normalized spacial score (nSPS) is 11.0. The number of benzene rings is 2. The molecule has 0 heterocycles. The van der Waals surface area contributed by atoms with E-state index in [-0.39, 0.29) is 0 Å². The molecule has 0 fully saturated rings. The number of nitro benzene ring substituents is 1. The van der Waals surface area contributed by atoms with E-state index in [1.54, 1.807) is 0 Å². The number of rotatable bonds is 2. The van der Waals surface area contributed by atoms with Gasteiger partial charge in [-0.3, -0.25) is 10.1 Å². The van der Waals surface area contributed by atoms with Crippen LogP contribution in [0.4, 0.5) is 45.2 Å². The summed E-state index contributed by atoms with van der Waals surface area (Å²) < 4.78 is 120. The van der Waals surface area contributed by atoms with E-state index in [1.165, 1.54) is 0 Å². The van der Waals surface area contributed by atoms with Gasteiger partial charge >= 0.3 is 5.69 Å². The van der Waals surface area contributed by atoms with Crippen molar-refractivity contribution in [1.82, 2.24) is 0 Å². The minimum Gasteiger partial charge on any atom is -0.258 e. The molecule has 0 saturated carbocycles. The molecule has 0 radical (unpaired) electrons. The molecule has 2 aromatic carbocycles. The van der Waals surface area contributed by atoms with Gasteiger partial charge in [0.2, 0.25) is 17.5 Å². The van der Waals surface area contributed by atoms with E-state index in [4.69, 9.17) is 0 Å². The Bertz CT molecular complexity index is 839. The largest absolute Gasteiger partial charge is 0.346 e. The lowest BCUT2D eigenvalue weighted by Crippen LogP contribution is -2.10. The van der Waals surface area contributed by atoms with E-state index in [9.17, 15) is 49.6 Å². The van der Waals surface area contributed by atoms with Crippen LogP contribution in [0, 0.1) is 62.5 Å². The third-order valence-electron chi connectivity index (χ3n) is 2.88. The number of hydrogen-bond acceptors (Lipinski definition) is 2. The average molecular weight is 361 g/mol. The van der Waals surface area contributed by atoms with Crippen molar-refractivity contribution >= 4 is 5.69 Å². The maximum atomic E-state index is 13.7. The lowest BCUT2D eigenvalue weighted by atomic mass is 10.0. The van der Waals surface area contributed by atoms with E-state index in [0.717, 1.165) is 0 Å². The Morgan fingerprint density at radius 1 is 0.500 bits per heavy atom. The Hall–Kier alpha value is -2.79. The van der Waals surface area contributed by atoms with Gasteiger partial charge in [0.05, 0.1) is 16.1 Å². The first-order valence-electron chi connectivity index (χ1n) is 5.54. The predicted molar refractivity (Wildman–Crippen MR) is 58.2 cm³/mol. The van der Waals surface area contributed by atoms with Crippen LogP contribution in [0.15, 0.2) is 0 Å². The molecule has 0 atom stereocenters. The molecule has 0 spiro atoms. The number of hydrogen-bond donors (Lipinski definition) is 0. The van der Waals surface area contributed by atoms with Gasteiger partial charge < -0.3 is 0 Å². The van der Waals surface area contributed by atoms with Crippen LogP contribution < -0.4 is 0 Å². The molecule has 0 amide bonds. The summed E-state index contributed by atoms with van der Waals surface area (Å²) in [5.74, 6) is -24.3. The van der Waals surface area contributed by atoms with Crippen molar-refractivity contribution in [3.63, 3.8) is 0 Å². The summed E-state index contributed by atoms with van der Waals surface area (Å²) in [5, 5.41) is 10.4. The van der Waals surface area contributed by atoms with Crippen molar-refractivity contribution < 1.29 is 44.4 Å². The first-order chi connectivity index (χ1) is 11.0.